The van der Waals surface area contributed by atoms with E-state index in [1.54, 1.807) is 0 Å². The fraction of sp³-hybridized carbons (Fsp3) is 0.333. The maximum absolute atomic E-state index is 4.34. The zero-order valence-corrected chi connectivity index (χ0v) is 11.5. The number of rotatable bonds is 6. The number of hydrogen-bond donors (Lipinski definition) is 1. The van der Waals surface area contributed by atoms with Gasteiger partial charge in [0, 0.05) is 50.3 Å². The van der Waals surface area contributed by atoms with Crippen LogP contribution in [0.25, 0.3) is 0 Å². The Kier molecular flexibility index (Phi) is 4.86. The number of likely N-dealkylation sites (N-methyl/N-ethyl adjacent to an activating group) is 1. The van der Waals surface area contributed by atoms with Gasteiger partial charge in [-0.3, -0.25) is 9.97 Å². The SMILES string of the molecule is CNCc1cc(N(C)CCc2ccccn2)ccn1. The first-order valence-electron chi connectivity index (χ1n) is 6.50. The van der Waals surface area contributed by atoms with Crippen molar-refractivity contribution in [3.63, 3.8) is 0 Å². The second-order valence-corrected chi connectivity index (χ2v) is 4.53. The average Bonchev–Trinajstić information content (AvgIpc) is 2.46. The lowest BCUT2D eigenvalue weighted by molar-refractivity contribution is 0.787. The van der Waals surface area contributed by atoms with E-state index in [1.165, 1.54) is 5.69 Å². The molecular weight excluding hydrogens is 236 g/mol. The van der Waals surface area contributed by atoms with Gasteiger partial charge in [-0.2, -0.15) is 0 Å². The summed E-state index contributed by atoms with van der Waals surface area (Å²) in [6.07, 6.45) is 4.65. The van der Waals surface area contributed by atoms with Gasteiger partial charge in [-0.15, -0.1) is 0 Å². The van der Waals surface area contributed by atoms with Crippen LogP contribution in [-0.2, 0) is 13.0 Å². The topological polar surface area (TPSA) is 41.0 Å². The Balaban J connectivity index is 1.95. The summed E-state index contributed by atoms with van der Waals surface area (Å²) in [4.78, 5) is 10.9. The Labute approximate surface area is 114 Å². The van der Waals surface area contributed by atoms with Gasteiger partial charge in [-0.25, -0.2) is 0 Å². The molecule has 0 aliphatic carbocycles. The molecule has 2 rings (SSSR count). The molecule has 0 atom stereocenters. The molecule has 0 spiro atoms. The molecule has 2 heterocycles. The van der Waals surface area contributed by atoms with Crippen LogP contribution in [0.5, 0.6) is 0 Å². The lowest BCUT2D eigenvalue weighted by Crippen LogP contribution is -2.21. The van der Waals surface area contributed by atoms with E-state index >= 15 is 0 Å². The minimum absolute atomic E-state index is 0.794. The van der Waals surface area contributed by atoms with Crippen molar-refractivity contribution in [3.8, 4) is 0 Å². The van der Waals surface area contributed by atoms with E-state index < -0.39 is 0 Å². The van der Waals surface area contributed by atoms with Crippen LogP contribution >= 0.6 is 0 Å². The Morgan fingerprint density at radius 1 is 1.11 bits per heavy atom. The van der Waals surface area contributed by atoms with E-state index in [9.17, 15) is 0 Å². The molecule has 0 aliphatic heterocycles. The first kappa shape index (κ1) is 13.5. The highest BCUT2D eigenvalue weighted by atomic mass is 15.1. The molecule has 4 nitrogen and oxygen atoms in total. The van der Waals surface area contributed by atoms with Crippen molar-refractivity contribution in [2.75, 3.05) is 25.5 Å². The molecule has 0 saturated heterocycles. The van der Waals surface area contributed by atoms with Gasteiger partial charge in [0.25, 0.3) is 0 Å². The number of aromatic nitrogens is 2. The van der Waals surface area contributed by atoms with Crippen molar-refractivity contribution >= 4 is 5.69 Å². The zero-order chi connectivity index (χ0) is 13.5. The predicted octanol–water partition coefficient (Wildman–Crippen LogP) is 1.87. The third-order valence-corrected chi connectivity index (χ3v) is 3.03. The second kappa shape index (κ2) is 6.85. The number of nitrogens with zero attached hydrogens (tertiary/aromatic N) is 3. The molecular formula is C15H20N4. The molecule has 0 radical (unpaired) electrons. The molecule has 100 valence electrons. The standard InChI is InChI=1S/C15H20N4/c1-16-12-14-11-15(6-9-18-14)19(2)10-7-13-5-3-4-8-17-13/h3-6,8-9,11,16H,7,10,12H2,1-2H3. The molecule has 0 bridgehead atoms. The second-order valence-electron chi connectivity index (χ2n) is 4.53. The average molecular weight is 256 g/mol. The summed E-state index contributed by atoms with van der Waals surface area (Å²) < 4.78 is 0. The molecule has 2 aromatic heterocycles. The van der Waals surface area contributed by atoms with Crippen molar-refractivity contribution in [3.05, 3.63) is 54.1 Å². The lowest BCUT2D eigenvalue weighted by Gasteiger charge is -2.19. The number of pyridine rings is 2. The maximum atomic E-state index is 4.34. The number of nitrogens with one attached hydrogen (secondary N) is 1. The first-order chi connectivity index (χ1) is 9.29. The fourth-order valence-corrected chi connectivity index (χ4v) is 1.94. The lowest BCUT2D eigenvalue weighted by atomic mass is 10.2. The van der Waals surface area contributed by atoms with Crippen molar-refractivity contribution in [2.24, 2.45) is 0 Å². The molecule has 0 amide bonds. The molecule has 4 heteroatoms. The molecule has 0 aromatic carbocycles. The summed E-state index contributed by atoms with van der Waals surface area (Å²) in [5.74, 6) is 0. The van der Waals surface area contributed by atoms with Gasteiger partial charge in [0.1, 0.15) is 0 Å². The van der Waals surface area contributed by atoms with Crippen molar-refractivity contribution in [1.29, 1.82) is 0 Å². The predicted molar refractivity (Wildman–Crippen MR) is 78.2 cm³/mol. The van der Waals surface area contributed by atoms with Crippen LogP contribution in [0.4, 0.5) is 5.69 Å². The number of hydrogen-bond acceptors (Lipinski definition) is 4. The summed E-state index contributed by atoms with van der Waals surface area (Å²) in [6, 6.07) is 10.2. The molecule has 0 saturated carbocycles. The minimum atomic E-state index is 0.794. The van der Waals surface area contributed by atoms with E-state index in [4.69, 9.17) is 0 Å². The van der Waals surface area contributed by atoms with Crippen LogP contribution in [0, 0.1) is 0 Å². The van der Waals surface area contributed by atoms with Gasteiger partial charge in [-0.1, -0.05) is 6.07 Å². The molecule has 0 aliphatic rings. The highest BCUT2D eigenvalue weighted by Gasteiger charge is 2.03. The molecule has 1 N–H and O–H groups in total. The van der Waals surface area contributed by atoms with E-state index in [0.29, 0.717) is 0 Å². The van der Waals surface area contributed by atoms with Crippen LogP contribution in [0.15, 0.2) is 42.7 Å². The molecule has 19 heavy (non-hydrogen) atoms. The minimum Gasteiger partial charge on any atom is -0.374 e. The van der Waals surface area contributed by atoms with Crippen molar-refractivity contribution < 1.29 is 0 Å². The Bertz CT molecular complexity index is 499. The zero-order valence-electron chi connectivity index (χ0n) is 11.5. The van der Waals surface area contributed by atoms with E-state index in [1.807, 2.05) is 37.6 Å². The van der Waals surface area contributed by atoms with E-state index in [2.05, 4.69) is 39.4 Å². The summed E-state index contributed by atoms with van der Waals surface area (Å²) >= 11 is 0. The fourth-order valence-electron chi connectivity index (χ4n) is 1.94. The van der Waals surface area contributed by atoms with Crippen LogP contribution in [-0.4, -0.2) is 30.6 Å². The number of anilines is 1. The van der Waals surface area contributed by atoms with Gasteiger partial charge < -0.3 is 10.2 Å². The first-order valence-corrected chi connectivity index (χ1v) is 6.50. The molecule has 2 aromatic rings. The smallest absolute Gasteiger partial charge is 0.0562 e. The van der Waals surface area contributed by atoms with Crippen LogP contribution < -0.4 is 10.2 Å². The molecule has 0 fully saturated rings. The molecule has 0 unspecified atom stereocenters. The van der Waals surface area contributed by atoms with E-state index in [-0.39, 0.29) is 0 Å². The van der Waals surface area contributed by atoms with Gasteiger partial charge in [-0.05, 0) is 31.3 Å². The Morgan fingerprint density at radius 2 is 1.95 bits per heavy atom. The largest absolute Gasteiger partial charge is 0.374 e. The monoisotopic (exact) mass is 256 g/mol. The van der Waals surface area contributed by atoms with Crippen molar-refractivity contribution in [2.45, 2.75) is 13.0 Å². The van der Waals surface area contributed by atoms with Gasteiger partial charge in [0.2, 0.25) is 0 Å². The van der Waals surface area contributed by atoms with Crippen molar-refractivity contribution in [1.82, 2.24) is 15.3 Å². The summed E-state index contributed by atoms with van der Waals surface area (Å²) in [5, 5.41) is 3.12. The normalized spacial score (nSPS) is 10.4. The third-order valence-electron chi connectivity index (χ3n) is 3.03. The highest BCUT2D eigenvalue weighted by molar-refractivity contribution is 5.45. The van der Waals surface area contributed by atoms with Gasteiger partial charge in [0.05, 0.1) is 5.69 Å². The van der Waals surface area contributed by atoms with Crippen LogP contribution in [0.2, 0.25) is 0 Å². The van der Waals surface area contributed by atoms with Gasteiger partial charge >= 0.3 is 0 Å². The Morgan fingerprint density at radius 3 is 2.68 bits per heavy atom. The van der Waals surface area contributed by atoms with Crippen LogP contribution in [0.1, 0.15) is 11.4 Å². The van der Waals surface area contributed by atoms with Gasteiger partial charge in [0.15, 0.2) is 0 Å². The quantitative estimate of drug-likeness (QED) is 0.856. The summed E-state index contributed by atoms with van der Waals surface area (Å²) in [6.45, 7) is 1.74. The summed E-state index contributed by atoms with van der Waals surface area (Å²) in [7, 11) is 4.03. The Hall–Kier alpha value is -1.94. The maximum Gasteiger partial charge on any atom is 0.0562 e. The van der Waals surface area contributed by atoms with Crippen LogP contribution in [0.3, 0.4) is 0 Å². The third kappa shape index (κ3) is 4.03. The summed E-state index contributed by atoms with van der Waals surface area (Å²) in [5.41, 5.74) is 3.37. The highest BCUT2D eigenvalue weighted by Crippen LogP contribution is 2.13. The van der Waals surface area contributed by atoms with E-state index in [0.717, 1.165) is 30.9 Å².